The lowest BCUT2D eigenvalue weighted by Gasteiger charge is -2.43. The second-order valence-corrected chi connectivity index (χ2v) is 14.6. The summed E-state index contributed by atoms with van der Waals surface area (Å²) in [5, 5.41) is 28.9. The number of anilines is 3. The second kappa shape index (κ2) is 12.0. The van der Waals surface area contributed by atoms with Gasteiger partial charge in [0.2, 0.25) is 5.78 Å². The molecule has 2 heterocycles. The summed E-state index contributed by atoms with van der Waals surface area (Å²) in [6, 6.07) is 61.1. The molecule has 0 unspecified atom stereocenters. The number of carbonyl (C=O) groups excluding carboxylic acids is 1. The van der Waals surface area contributed by atoms with Crippen LogP contribution in [-0.4, -0.2) is 10.9 Å². The van der Waals surface area contributed by atoms with Gasteiger partial charge < -0.3 is 21.1 Å². The van der Waals surface area contributed by atoms with E-state index in [9.17, 15) is 9.90 Å². The van der Waals surface area contributed by atoms with Crippen LogP contribution in [-0.2, 0) is 16.1 Å². The maximum Gasteiger partial charge on any atom is 0.201 e. The zero-order chi connectivity index (χ0) is 37.4. The lowest BCUT2D eigenvalue weighted by atomic mass is 9.79. The summed E-state index contributed by atoms with van der Waals surface area (Å²) in [7, 11) is 0. The molecule has 0 amide bonds. The fraction of sp³-hybridized carbons (Fsp3) is 0.0400. The van der Waals surface area contributed by atoms with Gasteiger partial charge in [-0.3, -0.25) is 4.79 Å². The van der Waals surface area contributed by atoms with Crippen molar-refractivity contribution >= 4 is 55.5 Å². The first kappa shape index (κ1) is 32.0. The Bertz CT molecular complexity index is 2990. The van der Waals surface area contributed by atoms with E-state index in [0.29, 0.717) is 16.1 Å². The molecule has 0 saturated carbocycles. The number of Topliss-reactive ketones (excluding diaryl/α,β-unsaturated/α-hetero) is 1. The van der Waals surface area contributed by atoms with Gasteiger partial charge in [-0.15, -0.1) is 0 Å². The van der Waals surface area contributed by atoms with Crippen molar-refractivity contribution in [2.75, 3.05) is 16.0 Å². The number of nitrogens with zero attached hydrogens (tertiary/aromatic N) is 1. The van der Waals surface area contributed by atoms with Gasteiger partial charge in [-0.25, -0.2) is 4.99 Å². The van der Waals surface area contributed by atoms with E-state index in [2.05, 4.69) is 88.7 Å². The van der Waals surface area contributed by atoms with Gasteiger partial charge in [-0.05, 0) is 22.9 Å². The summed E-state index contributed by atoms with van der Waals surface area (Å²) < 4.78 is 0. The third kappa shape index (κ3) is 4.50. The number of hydrogen-bond acceptors (Lipinski definition) is 6. The van der Waals surface area contributed by atoms with Gasteiger partial charge >= 0.3 is 0 Å². The van der Waals surface area contributed by atoms with E-state index >= 15 is 0 Å². The Morgan fingerprint density at radius 1 is 0.464 bits per heavy atom. The molecule has 4 N–H and O–H groups in total. The molecule has 0 radical (unpaired) electrons. The Morgan fingerprint density at radius 2 is 0.982 bits per heavy atom. The second-order valence-electron chi connectivity index (χ2n) is 14.6. The predicted molar refractivity (Wildman–Crippen MR) is 225 cm³/mol. The van der Waals surface area contributed by atoms with Gasteiger partial charge in [-0.2, -0.15) is 0 Å². The zero-order valence-electron chi connectivity index (χ0n) is 30.1. The highest BCUT2D eigenvalue weighted by Gasteiger charge is 2.43. The van der Waals surface area contributed by atoms with Crippen LogP contribution in [0.1, 0.15) is 27.8 Å². The minimum Gasteiger partial charge on any atom is -0.506 e. The molecule has 0 fully saturated rings. The number of hydrogen-bond donors (Lipinski definition) is 4. The highest BCUT2D eigenvalue weighted by Crippen LogP contribution is 2.50. The summed E-state index contributed by atoms with van der Waals surface area (Å²) in [4.78, 5) is 20.4. The summed E-state index contributed by atoms with van der Waals surface area (Å²) in [6.45, 7) is 0. The van der Waals surface area contributed by atoms with Crippen LogP contribution in [0.2, 0.25) is 0 Å². The van der Waals surface area contributed by atoms with Gasteiger partial charge in [-0.1, -0.05) is 170 Å². The lowest BCUT2D eigenvalue weighted by Crippen LogP contribution is -2.47. The molecular weight excluding hydrogens is 689 g/mol. The van der Waals surface area contributed by atoms with E-state index in [0.717, 1.165) is 60.9 Å². The van der Waals surface area contributed by atoms with E-state index in [-0.39, 0.29) is 22.7 Å². The fourth-order valence-corrected chi connectivity index (χ4v) is 8.95. The van der Waals surface area contributed by atoms with Crippen molar-refractivity contribution in [3.8, 4) is 0 Å². The maximum absolute atomic E-state index is 14.8. The largest absolute Gasteiger partial charge is 0.506 e. The number of benzene rings is 8. The van der Waals surface area contributed by atoms with Crippen LogP contribution in [0.5, 0.6) is 0 Å². The van der Waals surface area contributed by atoms with Crippen LogP contribution in [0.15, 0.2) is 193 Å². The van der Waals surface area contributed by atoms with Crippen LogP contribution in [0.25, 0.3) is 32.7 Å². The van der Waals surface area contributed by atoms with Crippen LogP contribution >= 0.6 is 0 Å². The van der Waals surface area contributed by atoms with Crippen LogP contribution in [0, 0.1) is 0 Å². The fourth-order valence-electron chi connectivity index (χ4n) is 8.95. The standard InChI is InChI=1S/C50H34N4O2/c55-47-43(37-29-27-31-15-13-25-39-41(31)45(37)53-49(51-39,33-17-5-1-6-18-33)34-19-7-2-8-20-34)48(56)44(47)38-30-28-32-16-14-26-40-42(32)46(38)54-50(52-40,35-21-9-3-10-22-35)36-23-11-4-12-24-36/h1-30,51-53,55H/b44-38+. The minimum atomic E-state index is -0.983. The van der Waals surface area contributed by atoms with Gasteiger partial charge in [0, 0.05) is 55.2 Å². The minimum absolute atomic E-state index is 0.0414. The Morgan fingerprint density at radius 3 is 1.55 bits per heavy atom. The monoisotopic (exact) mass is 722 g/mol. The highest BCUT2D eigenvalue weighted by atomic mass is 16.3. The number of aliphatic hydroxyl groups is 1. The molecule has 2 aliphatic heterocycles. The Labute approximate surface area is 322 Å². The van der Waals surface area contributed by atoms with Gasteiger partial charge in [0.25, 0.3) is 0 Å². The van der Waals surface area contributed by atoms with Crippen molar-refractivity contribution in [3.05, 3.63) is 226 Å². The lowest BCUT2D eigenvalue weighted by molar-refractivity contribution is -0.109. The normalized spacial score (nSPS) is 17.0. The first-order valence-electron chi connectivity index (χ1n) is 18.8. The molecule has 0 saturated heterocycles. The Kier molecular flexibility index (Phi) is 6.88. The third-order valence-corrected chi connectivity index (χ3v) is 11.6. The average Bonchev–Trinajstić information content (AvgIpc) is 3.26. The summed E-state index contributed by atoms with van der Waals surface area (Å²) in [5.41, 5.74) is 5.89. The molecule has 0 atom stereocenters. The van der Waals surface area contributed by atoms with Crippen LogP contribution in [0.3, 0.4) is 0 Å². The first-order valence-corrected chi connectivity index (χ1v) is 18.8. The molecule has 6 heteroatoms. The summed E-state index contributed by atoms with van der Waals surface area (Å²) >= 11 is 0. The third-order valence-electron chi connectivity index (χ3n) is 11.6. The van der Waals surface area contributed by atoms with E-state index < -0.39 is 11.3 Å². The summed E-state index contributed by atoms with van der Waals surface area (Å²) in [6.07, 6.45) is 0. The Balaban J connectivity index is 1.17. The number of rotatable bonds is 5. The maximum atomic E-state index is 14.8. The molecule has 0 aromatic heterocycles. The predicted octanol–water partition coefficient (Wildman–Crippen LogP) is 9.38. The molecular formula is C50H34N4O2. The number of nitrogens with one attached hydrogen (secondary N) is 3. The van der Waals surface area contributed by atoms with Crippen molar-refractivity contribution in [3.63, 3.8) is 0 Å². The van der Waals surface area contributed by atoms with Gasteiger partial charge in [0.15, 0.2) is 11.3 Å². The molecule has 56 heavy (non-hydrogen) atoms. The zero-order valence-corrected chi connectivity index (χ0v) is 30.1. The molecule has 8 aromatic rings. The number of allylic oxidation sites excluding steroid dienone is 2. The van der Waals surface area contributed by atoms with E-state index in [1.165, 1.54) is 0 Å². The van der Waals surface area contributed by atoms with E-state index in [4.69, 9.17) is 4.99 Å². The quantitative estimate of drug-likeness (QED) is 0.142. The number of carbonyl (C=O) groups is 1. The van der Waals surface area contributed by atoms with Crippen molar-refractivity contribution in [1.82, 2.24) is 0 Å². The van der Waals surface area contributed by atoms with Crippen LogP contribution < -0.4 is 26.5 Å². The molecule has 3 aliphatic rings. The topological polar surface area (TPSA) is 85.8 Å². The molecule has 0 bridgehead atoms. The molecule has 6 nitrogen and oxygen atoms in total. The van der Waals surface area contributed by atoms with Crippen molar-refractivity contribution in [1.29, 1.82) is 0 Å². The summed E-state index contributed by atoms with van der Waals surface area (Å²) in [5.74, 6) is -0.270. The molecule has 11 rings (SSSR count). The van der Waals surface area contributed by atoms with E-state index in [1.54, 1.807) is 0 Å². The molecule has 1 aliphatic carbocycles. The smallest absolute Gasteiger partial charge is 0.201 e. The van der Waals surface area contributed by atoms with Gasteiger partial charge in [0.05, 0.1) is 22.2 Å². The van der Waals surface area contributed by atoms with E-state index in [1.807, 2.05) is 109 Å². The Hall–Kier alpha value is -7.44. The molecule has 266 valence electrons. The van der Waals surface area contributed by atoms with Crippen molar-refractivity contribution in [2.45, 2.75) is 11.3 Å². The highest BCUT2D eigenvalue weighted by molar-refractivity contribution is 6.52. The first-order chi connectivity index (χ1) is 27.6. The average molecular weight is 723 g/mol. The number of ketones is 1. The van der Waals surface area contributed by atoms with Crippen LogP contribution in [0.4, 0.5) is 17.1 Å². The SMILES string of the molecule is O=C1C(c2ccc3cccc4c3c2NC(c2ccccc2)(c2ccccc2)N4)=C(O)/C1=c1/ccc2cccc3c2c1=NC(c1ccccc1)(c1ccccc1)N3. The molecule has 8 aromatic carbocycles. The molecule has 0 spiro atoms. The van der Waals surface area contributed by atoms with Gasteiger partial charge in [0.1, 0.15) is 5.76 Å². The van der Waals surface area contributed by atoms with Crippen molar-refractivity contribution in [2.24, 2.45) is 4.99 Å². The van der Waals surface area contributed by atoms with Crippen molar-refractivity contribution < 1.29 is 9.90 Å². The number of aliphatic hydroxyl groups excluding tert-OH is 1.